The molecule has 0 atom stereocenters. The molecule has 1 aromatic carbocycles. The van der Waals surface area contributed by atoms with Crippen molar-refractivity contribution in [3.05, 3.63) is 22.7 Å². The van der Waals surface area contributed by atoms with Gasteiger partial charge in [-0.05, 0) is 31.0 Å². The van der Waals surface area contributed by atoms with Crippen molar-refractivity contribution in [2.75, 3.05) is 51.3 Å². The zero-order valence-electron chi connectivity index (χ0n) is 14.9. The number of urea groups is 1. The van der Waals surface area contributed by atoms with Gasteiger partial charge in [0, 0.05) is 43.7 Å². The number of thiazole rings is 1. The summed E-state index contributed by atoms with van der Waals surface area (Å²) in [6.07, 6.45) is 1.96. The Morgan fingerprint density at radius 2 is 2.00 bits per heavy atom. The fourth-order valence-corrected chi connectivity index (χ4v) is 5.17. The Morgan fingerprint density at radius 3 is 2.73 bits per heavy atom. The Balaban J connectivity index is 1.37. The highest BCUT2D eigenvalue weighted by Gasteiger charge is 2.29. The highest BCUT2D eigenvalue weighted by atomic mass is 79.9. The number of morpholine rings is 1. The monoisotopic (exact) mass is 438 g/mol. The van der Waals surface area contributed by atoms with Crippen LogP contribution in [0, 0.1) is 0 Å². The summed E-state index contributed by atoms with van der Waals surface area (Å²) in [7, 11) is 1.94. The first-order valence-corrected chi connectivity index (χ1v) is 10.6. The fourth-order valence-electron chi connectivity index (χ4n) is 3.60. The molecule has 0 unspecified atom stereocenters. The van der Waals surface area contributed by atoms with E-state index in [1.54, 1.807) is 11.3 Å². The van der Waals surface area contributed by atoms with Gasteiger partial charge in [-0.3, -0.25) is 0 Å². The topological polar surface area (TPSA) is 48.9 Å². The normalized spacial score (nSPS) is 19.2. The van der Waals surface area contributed by atoms with Crippen LogP contribution in [0.4, 0.5) is 9.93 Å². The molecule has 0 spiro atoms. The summed E-state index contributed by atoms with van der Waals surface area (Å²) in [5, 5.41) is 1.08. The smallest absolute Gasteiger partial charge is 0.320 e. The number of fused-ring (bicyclic) bond motifs is 1. The number of benzene rings is 1. The minimum absolute atomic E-state index is 0.136. The van der Waals surface area contributed by atoms with Crippen molar-refractivity contribution in [1.82, 2.24) is 14.8 Å². The molecular weight excluding hydrogens is 416 g/mol. The van der Waals surface area contributed by atoms with Crippen LogP contribution in [0.1, 0.15) is 12.8 Å². The van der Waals surface area contributed by atoms with Crippen LogP contribution in [-0.2, 0) is 4.74 Å². The maximum absolute atomic E-state index is 12.7. The van der Waals surface area contributed by atoms with Gasteiger partial charge in [0.15, 0.2) is 5.13 Å². The van der Waals surface area contributed by atoms with E-state index in [-0.39, 0.29) is 6.03 Å². The highest BCUT2D eigenvalue weighted by molar-refractivity contribution is 9.10. The maximum Gasteiger partial charge on any atom is 0.320 e. The number of hydrogen-bond acceptors (Lipinski definition) is 5. The van der Waals surface area contributed by atoms with Gasteiger partial charge >= 0.3 is 6.03 Å². The molecule has 2 fully saturated rings. The predicted molar refractivity (Wildman–Crippen MR) is 108 cm³/mol. The Kier molecular flexibility index (Phi) is 5.33. The second kappa shape index (κ2) is 7.70. The SMILES string of the molecule is CN(C(=O)N1CCOCC1)C1CCN(c2nc3ccc(Br)cc3s2)CC1. The molecule has 4 rings (SSSR count). The first kappa shape index (κ1) is 18.0. The van der Waals surface area contributed by atoms with E-state index in [1.165, 1.54) is 4.70 Å². The lowest BCUT2D eigenvalue weighted by Gasteiger charge is -2.39. The third-order valence-corrected chi connectivity index (χ3v) is 6.78. The molecule has 8 heteroatoms. The van der Waals surface area contributed by atoms with Gasteiger partial charge in [-0.1, -0.05) is 27.3 Å². The number of halogens is 1. The molecule has 0 saturated carbocycles. The third-order valence-electron chi connectivity index (χ3n) is 5.21. The average Bonchev–Trinajstić information content (AvgIpc) is 3.11. The molecule has 2 aliphatic heterocycles. The Bertz CT molecular complexity index is 785. The van der Waals surface area contributed by atoms with Crippen LogP contribution in [0.25, 0.3) is 10.2 Å². The van der Waals surface area contributed by atoms with Crippen molar-refractivity contribution in [2.24, 2.45) is 0 Å². The van der Waals surface area contributed by atoms with Gasteiger partial charge in [-0.2, -0.15) is 0 Å². The Hall–Kier alpha value is -1.38. The molecular formula is C18H23BrN4O2S. The average molecular weight is 439 g/mol. The summed E-state index contributed by atoms with van der Waals surface area (Å²) in [4.78, 5) is 23.6. The van der Waals surface area contributed by atoms with Crippen molar-refractivity contribution in [3.8, 4) is 0 Å². The first-order chi connectivity index (χ1) is 12.6. The number of hydrogen-bond donors (Lipinski definition) is 0. The number of rotatable bonds is 2. The van der Waals surface area contributed by atoms with Gasteiger partial charge in [0.1, 0.15) is 0 Å². The second-order valence-corrected chi connectivity index (χ2v) is 8.74. The van der Waals surface area contributed by atoms with E-state index >= 15 is 0 Å². The maximum atomic E-state index is 12.7. The summed E-state index contributed by atoms with van der Waals surface area (Å²) >= 11 is 5.26. The zero-order valence-corrected chi connectivity index (χ0v) is 17.3. The summed E-state index contributed by atoms with van der Waals surface area (Å²) in [5.74, 6) is 0. The van der Waals surface area contributed by atoms with Crippen molar-refractivity contribution in [1.29, 1.82) is 0 Å². The molecule has 26 heavy (non-hydrogen) atoms. The van der Waals surface area contributed by atoms with Crippen molar-refractivity contribution < 1.29 is 9.53 Å². The second-order valence-electron chi connectivity index (χ2n) is 6.82. The summed E-state index contributed by atoms with van der Waals surface area (Å²) in [6.45, 7) is 4.56. The Morgan fingerprint density at radius 1 is 1.27 bits per heavy atom. The van der Waals surface area contributed by atoms with Crippen LogP contribution >= 0.6 is 27.3 Å². The van der Waals surface area contributed by atoms with Gasteiger partial charge in [0.25, 0.3) is 0 Å². The van der Waals surface area contributed by atoms with Gasteiger partial charge in [0.2, 0.25) is 0 Å². The zero-order chi connectivity index (χ0) is 18.1. The standard InChI is InChI=1S/C18H23BrN4O2S/c1-21(18(24)23-8-10-25-11-9-23)14-4-6-22(7-5-14)17-20-15-3-2-13(19)12-16(15)26-17/h2-3,12,14H,4-11H2,1H3. The minimum atomic E-state index is 0.136. The molecule has 1 aromatic heterocycles. The molecule has 2 amide bonds. The van der Waals surface area contributed by atoms with E-state index in [9.17, 15) is 4.79 Å². The Labute approximate surface area is 165 Å². The van der Waals surface area contributed by atoms with Gasteiger partial charge in [-0.15, -0.1) is 0 Å². The van der Waals surface area contributed by atoms with Gasteiger partial charge in [0.05, 0.1) is 23.4 Å². The molecule has 3 heterocycles. The van der Waals surface area contributed by atoms with Crippen LogP contribution in [0.3, 0.4) is 0 Å². The third kappa shape index (κ3) is 3.68. The van der Waals surface area contributed by atoms with E-state index in [2.05, 4.69) is 33.0 Å². The van der Waals surface area contributed by atoms with Gasteiger partial charge in [-0.25, -0.2) is 9.78 Å². The van der Waals surface area contributed by atoms with Crippen LogP contribution in [0.5, 0.6) is 0 Å². The number of amides is 2. The largest absolute Gasteiger partial charge is 0.378 e. The molecule has 2 aromatic rings. The number of aromatic nitrogens is 1. The lowest BCUT2D eigenvalue weighted by molar-refractivity contribution is 0.0409. The van der Waals surface area contributed by atoms with E-state index in [1.807, 2.05) is 22.9 Å². The molecule has 140 valence electrons. The predicted octanol–water partition coefficient (Wildman–Crippen LogP) is 3.41. The van der Waals surface area contributed by atoms with E-state index in [0.717, 1.165) is 41.1 Å². The first-order valence-electron chi connectivity index (χ1n) is 9.02. The highest BCUT2D eigenvalue weighted by Crippen LogP contribution is 2.32. The fraction of sp³-hybridized carbons (Fsp3) is 0.556. The lowest BCUT2D eigenvalue weighted by Crippen LogP contribution is -2.52. The summed E-state index contributed by atoms with van der Waals surface area (Å²) in [6, 6.07) is 6.64. The summed E-state index contributed by atoms with van der Waals surface area (Å²) < 4.78 is 7.63. The van der Waals surface area contributed by atoms with Crippen molar-refractivity contribution >= 4 is 48.6 Å². The number of carbonyl (C=O) groups is 1. The van der Waals surface area contributed by atoms with Crippen LogP contribution < -0.4 is 4.90 Å². The number of nitrogens with zero attached hydrogens (tertiary/aromatic N) is 4. The quantitative estimate of drug-likeness (QED) is 0.720. The number of ether oxygens (including phenoxy) is 1. The van der Waals surface area contributed by atoms with E-state index in [4.69, 9.17) is 9.72 Å². The number of piperidine rings is 1. The van der Waals surface area contributed by atoms with E-state index < -0.39 is 0 Å². The van der Waals surface area contributed by atoms with Crippen LogP contribution in [0.15, 0.2) is 22.7 Å². The minimum Gasteiger partial charge on any atom is -0.378 e. The lowest BCUT2D eigenvalue weighted by atomic mass is 10.0. The molecule has 2 aliphatic rings. The number of carbonyl (C=O) groups excluding carboxylic acids is 1. The summed E-state index contributed by atoms with van der Waals surface area (Å²) in [5.41, 5.74) is 1.05. The molecule has 6 nitrogen and oxygen atoms in total. The molecule has 2 saturated heterocycles. The van der Waals surface area contributed by atoms with E-state index in [0.29, 0.717) is 32.3 Å². The molecule has 0 radical (unpaired) electrons. The molecule has 0 bridgehead atoms. The molecule has 0 N–H and O–H groups in total. The number of anilines is 1. The van der Waals surface area contributed by atoms with Crippen LogP contribution in [-0.4, -0.2) is 73.3 Å². The van der Waals surface area contributed by atoms with Crippen LogP contribution in [0.2, 0.25) is 0 Å². The van der Waals surface area contributed by atoms with Gasteiger partial charge < -0.3 is 19.4 Å². The van der Waals surface area contributed by atoms with Crippen molar-refractivity contribution in [3.63, 3.8) is 0 Å². The molecule has 0 aliphatic carbocycles. The van der Waals surface area contributed by atoms with Crippen molar-refractivity contribution in [2.45, 2.75) is 18.9 Å².